The van der Waals surface area contributed by atoms with E-state index in [1.165, 1.54) is 34.2 Å². The smallest absolute Gasteiger partial charge is 0.0712 e. The number of aryl methyl sites for hydroxylation is 1. The number of hydrogen-bond acceptors (Lipinski definition) is 2. The van der Waals surface area contributed by atoms with Crippen LogP contribution in [0, 0.1) is 0 Å². The molecule has 2 aliphatic rings. The summed E-state index contributed by atoms with van der Waals surface area (Å²) in [4.78, 5) is 9.28. The highest BCUT2D eigenvalue weighted by molar-refractivity contribution is 6.14. The molecule has 0 fully saturated rings. The van der Waals surface area contributed by atoms with Crippen LogP contribution in [0.15, 0.2) is 29.4 Å². The first kappa shape index (κ1) is 8.45. The molecule has 0 saturated heterocycles. The summed E-state index contributed by atoms with van der Waals surface area (Å²) in [5.74, 6) is 0. The quantitative estimate of drug-likeness (QED) is 0.653. The van der Waals surface area contributed by atoms with E-state index in [9.17, 15) is 0 Å². The van der Waals surface area contributed by atoms with Gasteiger partial charge in [-0.25, -0.2) is 0 Å². The predicted molar refractivity (Wildman–Crippen MR) is 64.9 cm³/mol. The van der Waals surface area contributed by atoms with Gasteiger partial charge in [-0.15, -0.1) is 0 Å². The van der Waals surface area contributed by atoms with E-state index < -0.39 is 0 Å². The molecule has 0 bridgehead atoms. The number of nitrogens with zero attached hydrogens (tertiary/aromatic N) is 2. The van der Waals surface area contributed by atoms with Crippen molar-refractivity contribution in [3.8, 4) is 0 Å². The SMILES string of the molecule is c1cc2c3c4c(cnc3c1)CCCC4=NC2. The Balaban J connectivity index is 2.22. The number of rotatable bonds is 0. The first-order valence-electron chi connectivity index (χ1n) is 5.86. The van der Waals surface area contributed by atoms with Gasteiger partial charge in [0.1, 0.15) is 0 Å². The van der Waals surface area contributed by atoms with E-state index in [1.807, 2.05) is 6.20 Å². The molecule has 1 aliphatic carbocycles. The molecule has 2 nitrogen and oxygen atoms in total. The molecule has 0 amide bonds. The van der Waals surface area contributed by atoms with E-state index in [0.29, 0.717) is 0 Å². The first-order valence-corrected chi connectivity index (χ1v) is 5.86. The molecular formula is C14H12N2. The molecule has 1 aromatic carbocycles. The number of aromatic nitrogens is 1. The molecule has 78 valence electrons. The van der Waals surface area contributed by atoms with Crippen molar-refractivity contribution in [2.45, 2.75) is 25.8 Å². The normalized spacial score (nSPS) is 17.4. The summed E-state index contributed by atoms with van der Waals surface area (Å²) >= 11 is 0. The lowest BCUT2D eigenvalue weighted by atomic mass is 9.85. The molecule has 0 unspecified atom stereocenters. The summed E-state index contributed by atoms with van der Waals surface area (Å²) < 4.78 is 0. The van der Waals surface area contributed by atoms with Crippen LogP contribution in [-0.2, 0) is 13.0 Å². The summed E-state index contributed by atoms with van der Waals surface area (Å²) in [5.41, 5.74) is 6.58. The minimum Gasteiger partial charge on any atom is -0.284 e. The second kappa shape index (κ2) is 2.91. The lowest BCUT2D eigenvalue weighted by Crippen LogP contribution is -2.17. The van der Waals surface area contributed by atoms with Crippen LogP contribution in [-0.4, -0.2) is 10.7 Å². The van der Waals surface area contributed by atoms with Gasteiger partial charge >= 0.3 is 0 Å². The van der Waals surface area contributed by atoms with Crippen LogP contribution in [0.3, 0.4) is 0 Å². The third-order valence-corrected chi connectivity index (χ3v) is 3.65. The van der Waals surface area contributed by atoms with Gasteiger partial charge in [-0.3, -0.25) is 9.98 Å². The van der Waals surface area contributed by atoms with Gasteiger partial charge in [-0.2, -0.15) is 0 Å². The number of aliphatic imine (C=N–C) groups is 1. The molecule has 16 heavy (non-hydrogen) atoms. The third-order valence-electron chi connectivity index (χ3n) is 3.65. The Morgan fingerprint density at radius 1 is 1.06 bits per heavy atom. The molecule has 1 aromatic heterocycles. The van der Waals surface area contributed by atoms with Crippen molar-refractivity contribution < 1.29 is 0 Å². The summed E-state index contributed by atoms with van der Waals surface area (Å²) in [6, 6.07) is 6.37. The lowest BCUT2D eigenvalue weighted by molar-refractivity contribution is 0.825. The maximum Gasteiger partial charge on any atom is 0.0712 e. The second-order valence-electron chi connectivity index (χ2n) is 4.59. The van der Waals surface area contributed by atoms with E-state index in [2.05, 4.69) is 23.2 Å². The van der Waals surface area contributed by atoms with Crippen molar-refractivity contribution in [2.75, 3.05) is 0 Å². The van der Waals surface area contributed by atoms with Crippen molar-refractivity contribution in [3.05, 3.63) is 41.1 Å². The van der Waals surface area contributed by atoms with Crippen molar-refractivity contribution >= 4 is 16.6 Å². The third kappa shape index (κ3) is 0.967. The largest absolute Gasteiger partial charge is 0.284 e. The molecule has 2 aromatic rings. The molecular weight excluding hydrogens is 196 g/mol. The highest BCUT2D eigenvalue weighted by Crippen LogP contribution is 2.33. The Kier molecular flexibility index (Phi) is 1.54. The second-order valence-corrected chi connectivity index (χ2v) is 4.59. The molecule has 0 atom stereocenters. The molecule has 0 N–H and O–H groups in total. The predicted octanol–water partition coefficient (Wildman–Crippen LogP) is 2.87. The van der Waals surface area contributed by atoms with E-state index in [-0.39, 0.29) is 0 Å². The van der Waals surface area contributed by atoms with Gasteiger partial charge in [-0.05, 0) is 36.5 Å². The van der Waals surface area contributed by atoms with Gasteiger partial charge in [0.15, 0.2) is 0 Å². The van der Waals surface area contributed by atoms with Gasteiger partial charge in [-0.1, -0.05) is 12.1 Å². The average Bonchev–Trinajstić information content (AvgIpc) is 2.36. The summed E-state index contributed by atoms with van der Waals surface area (Å²) in [5, 5.41) is 1.37. The van der Waals surface area contributed by atoms with Crippen LogP contribution in [0.1, 0.15) is 29.5 Å². The summed E-state index contributed by atoms with van der Waals surface area (Å²) in [6.45, 7) is 0.838. The summed E-state index contributed by atoms with van der Waals surface area (Å²) in [7, 11) is 0. The minimum absolute atomic E-state index is 0.838. The molecule has 1 aliphatic heterocycles. The first-order chi connectivity index (χ1) is 7.93. The molecule has 2 heterocycles. The number of pyridine rings is 1. The number of hydrogen-bond donors (Lipinski definition) is 0. The Bertz CT molecular complexity index is 626. The zero-order valence-corrected chi connectivity index (χ0v) is 9.03. The van der Waals surface area contributed by atoms with Crippen LogP contribution in [0.5, 0.6) is 0 Å². The van der Waals surface area contributed by atoms with Gasteiger partial charge in [0.25, 0.3) is 0 Å². The molecule has 0 saturated carbocycles. The van der Waals surface area contributed by atoms with Gasteiger partial charge in [0.2, 0.25) is 0 Å². The number of benzene rings is 1. The molecule has 2 heteroatoms. The van der Waals surface area contributed by atoms with Crippen molar-refractivity contribution in [3.63, 3.8) is 0 Å². The highest BCUT2D eigenvalue weighted by Gasteiger charge is 2.23. The van der Waals surface area contributed by atoms with E-state index in [0.717, 1.165) is 24.9 Å². The molecule has 4 rings (SSSR count). The molecule has 0 spiro atoms. The van der Waals surface area contributed by atoms with E-state index >= 15 is 0 Å². The fourth-order valence-corrected chi connectivity index (χ4v) is 2.92. The van der Waals surface area contributed by atoms with Crippen LogP contribution < -0.4 is 0 Å². The lowest BCUT2D eigenvalue weighted by Gasteiger charge is -2.24. The minimum atomic E-state index is 0.838. The summed E-state index contributed by atoms with van der Waals surface area (Å²) in [6.07, 6.45) is 5.56. The maximum atomic E-state index is 4.72. The van der Waals surface area contributed by atoms with Crippen molar-refractivity contribution in [1.82, 2.24) is 4.98 Å². The van der Waals surface area contributed by atoms with Crippen LogP contribution in [0.25, 0.3) is 10.9 Å². The molecule has 0 radical (unpaired) electrons. The van der Waals surface area contributed by atoms with Crippen molar-refractivity contribution in [1.29, 1.82) is 0 Å². The Morgan fingerprint density at radius 3 is 3.06 bits per heavy atom. The Labute approximate surface area is 94.0 Å². The van der Waals surface area contributed by atoms with Gasteiger partial charge in [0, 0.05) is 22.9 Å². The zero-order chi connectivity index (χ0) is 10.5. The van der Waals surface area contributed by atoms with Crippen LogP contribution in [0.4, 0.5) is 0 Å². The topological polar surface area (TPSA) is 25.2 Å². The van der Waals surface area contributed by atoms with Crippen molar-refractivity contribution in [2.24, 2.45) is 4.99 Å². The zero-order valence-electron chi connectivity index (χ0n) is 9.03. The van der Waals surface area contributed by atoms with Gasteiger partial charge in [0.05, 0.1) is 12.1 Å². The van der Waals surface area contributed by atoms with Crippen LogP contribution >= 0.6 is 0 Å². The highest BCUT2D eigenvalue weighted by atomic mass is 14.8. The van der Waals surface area contributed by atoms with Gasteiger partial charge < -0.3 is 0 Å². The average molecular weight is 208 g/mol. The van der Waals surface area contributed by atoms with E-state index in [4.69, 9.17) is 4.99 Å². The monoisotopic (exact) mass is 208 g/mol. The van der Waals surface area contributed by atoms with Crippen LogP contribution in [0.2, 0.25) is 0 Å². The Morgan fingerprint density at radius 2 is 2.06 bits per heavy atom. The fourth-order valence-electron chi connectivity index (χ4n) is 2.92. The van der Waals surface area contributed by atoms with E-state index in [1.54, 1.807) is 0 Å². The standard InChI is InChI=1S/C14H12N2/c1-3-9-7-16-12-6-2-4-10-8-15-11(5-1)13(9)14(10)12/h1,3,5,8H,2,4,6-7H2. The maximum absolute atomic E-state index is 4.72. The Hall–Kier alpha value is -1.70. The fraction of sp³-hybridized carbons (Fsp3) is 0.286.